The molecule has 0 aromatic heterocycles. The molecule has 0 fully saturated rings. The molecule has 4 nitrogen and oxygen atoms in total. The third-order valence-electron chi connectivity index (χ3n) is 1.83. The zero-order valence-corrected chi connectivity index (χ0v) is 10.4. The van der Waals surface area contributed by atoms with Gasteiger partial charge in [0.2, 0.25) is 0 Å². The molecule has 1 aromatic carbocycles. The average Bonchev–Trinajstić information content (AvgIpc) is 2.27. The predicted octanol–water partition coefficient (Wildman–Crippen LogP) is 2.30. The number of anilines is 1. The summed E-state index contributed by atoms with van der Waals surface area (Å²) in [4.78, 5) is 11.1. The first kappa shape index (κ1) is 12.5. The minimum atomic E-state index is -0.303. The van der Waals surface area contributed by atoms with E-state index in [4.69, 9.17) is 10.00 Å². The maximum Gasteiger partial charge on any atom is 0.325 e. The number of halogens is 1. The maximum absolute atomic E-state index is 11.1. The number of nitriles is 1. The Morgan fingerprint density at radius 2 is 2.38 bits per heavy atom. The number of nitrogens with zero attached hydrogens (tertiary/aromatic N) is 1. The van der Waals surface area contributed by atoms with Crippen LogP contribution < -0.4 is 5.32 Å². The number of hydrogen-bond acceptors (Lipinski definition) is 4. The van der Waals surface area contributed by atoms with E-state index in [2.05, 4.69) is 21.2 Å². The Balaban J connectivity index is 2.59. The average molecular weight is 283 g/mol. The highest BCUT2D eigenvalue weighted by molar-refractivity contribution is 9.10. The van der Waals surface area contributed by atoms with Gasteiger partial charge in [0.1, 0.15) is 12.6 Å². The van der Waals surface area contributed by atoms with Crippen molar-refractivity contribution in [3.8, 4) is 6.07 Å². The molecule has 0 aliphatic heterocycles. The zero-order valence-electron chi connectivity index (χ0n) is 8.79. The standard InChI is InChI=1S/C11H11BrN2O2/c1-2-16-11(15)7-14-9-4-3-8(6-13)10(12)5-9/h3-5,14H,2,7H2,1H3. The molecular weight excluding hydrogens is 272 g/mol. The van der Waals surface area contributed by atoms with E-state index in [0.29, 0.717) is 16.6 Å². The van der Waals surface area contributed by atoms with Gasteiger partial charge in [-0.05, 0) is 41.1 Å². The molecule has 5 heteroatoms. The van der Waals surface area contributed by atoms with Crippen LogP contribution in [0.2, 0.25) is 0 Å². The Labute approximate surface area is 102 Å². The van der Waals surface area contributed by atoms with Crippen molar-refractivity contribution < 1.29 is 9.53 Å². The molecule has 1 N–H and O–H groups in total. The van der Waals surface area contributed by atoms with E-state index in [0.717, 1.165) is 5.69 Å². The van der Waals surface area contributed by atoms with Crippen LogP contribution >= 0.6 is 15.9 Å². The molecule has 16 heavy (non-hydrogen) atoms. The first-order valence-corrected chi connectivity index (χ1v) is 5.55. The number of carbonyl (C=O) groups excluding carboxylic acids is 1. The molecule has 0 bridgehead atoms. The van der Waals surface area contributed by atoms with Gasteiger partial charge in [-0.15, -0.1) is 0 Å². The van der Waals surface area contributed by atoms with Crippen molar-refractivity contribution in [2.24, 2.45) is 0 Å². The molecule has 84 valence electrons. The molecular formula is C11H11BrN2O2. The van der Waals surface area contributed by atoms with Crippen LogP contribution in [-0.2, 0) is 9.53 Å². The summed E-state index contributed by atoms with van der Waals surface area (Å²) < 4.78 is 5.47. The van der Waals surface area contributed by atoms with E-state index in [-0.39, 0.29) is 12.5 Å². The molecule has 1 rings (SSSR count). The van der Waals surface area contributed by atoms with Gasteiger partial charge in [0.15, 0.2) is 0 Å². The Kier molecular flexibility index (Phi) is 4.80. The molecule has 0 radical (unpaired) electrons. The number of nitrogens with one attached hydrogen (secondary N) is 1. The van der Waals surface area contributed by atoms with Crippen LogP contribution in [0.4, 0.5) is 5.69 Å². The summed E-state index contributed by atoms with van der Waals surface area (Å²) in [5, 5.41) is 11.6. The summed E-state index contributed by atoms with van der Waals surface area (Å²) in [5.74, 6) is -0.303. The van der Waals surface area contributed by atoms with Crippen LogP contribution in [0.1, 0.15) is 12.5 Å². The number of esters is 1. The van der Waals surface area contributed by atoms with E-state index in [1.807, 2.05) is 6.07 Å². The molecule has 0 unspecified atom stereocenters. The van der Waals surface area contributed by atoms with Crippen molar-refractivity contribution >= 4 is 27.6 Å². The van der Waals surface area contributed by atoms with E-state index in [1.165, 1.54) is 0 Å². The first-order chi connectivity index (χ1) is 7.67. The lowest BCUT2D eigenvalue weighted by atomic mass is 10.2. The summed E-state index contributed by atoms with van der Waals surface area (Å²) in [7, 11) is 0. The molecule has 0 atom stereocenters. The maximum atomic E-state index is 11.1. The normalized spacial score (nSPS) is 9.31. The van der Waals surface area contributed by atoms with Gasteiger partial charge in [0.25, 0.3) is 0 Å². The lowest BCUT2D eigenvalue weighted by Gasteiger charge is -2.06. The van der Waals surface area contributed by atoms with Crippen molar-refractivity contribution in [2.75, 3.05) is 18.5 Å². The number of benzene rings is 1. The van der Waals surface area contributed by atoms with Gasteiger partial charge in [-0.2, -0.15) is 5.26 Å². The first-order valence-electron chi connectivity index (χ1n) is 4.76. The Morgan fingerprint density at radius 3 is 2.94 bits per heavy atom. The van der Waals surface area contributed by atoms with Crippen molar-refractivity contribution in [3.05, 3.63) is 28.2 Å². The highest BCUT2D eigenvalue weighted by Crippen LogP contribution is 2.20. The molecule has 0 saturated carbocycles. The Hall–Kier alpha value is -1.54. The fourth-order valence-corrected chi connectivity index (χ4v) is 1.57. The van der Waals surface area contributed by atoms with Crippen molar-refractivity contribution in [3.63, 3.8) is 0 Å². The topological polar surface area (TPSA) is 62.1 Å². The summed E-state index contributed by atoms with van der Waals surface area (Å²) >= 11 is 3.27. The summed E-state index contributed by atoms with van der Waals surface area (Å²) in [6.45, 7) is 2.25. The monoisotopic (exact) mass is 282 g/mol. The van der Waals surface area contributed by atoms with Crippen molar-refractivity contribution in [1.29, 1.82) is 5.26 Å². The molecule has 0 spiro atoms. The van der Waals surface area contributed by atoms with Crippen LogP contribution in [0.3, 0.4) is 0 Å². The van der Waals surface area contributed by atoms with Crippen LogP contribution in [0, 0.1) is 11.3 Å². The lowest BCUT2D eigenvalue weighted by Crippen LogP contribution is -2.16. The summed E-state index contributed by atoms with van der Waals surface area (Å²) in [5.41, 5.74) is 1.32. The van der Waals surface area contributed by atoms with E-state index >= 15 is 0 Å². The fraction of sp³-hybridized carbons (Fsp3) is 0.273. The quantitative estimate of drug-likeness (QED) is 0.861. The minimum absolute atomic E-state index is 0.117. The predicted molar refractivity (Wildman–Crippen MR) is 64.0 cm³/mol. The largest absolute Gasteiger partial charge is 0.465 e. The fourth-order valence-electron chi connectivity index (χ4n) is 1.10. The third kappa shape index (κ3) is 3.55. The lowest BCUT2D eigenvalue weighted by molar-refractivity contribution is -0.140. The van der Waals surface area contributed by atoms with E-state index < -0.39 is 0 Å². The number of hydrogen-bond donors (Lipinski definition) is 1. The van der Waals surface area contributed by atoms with Gasteiger partial charge in [-0.1, -0.05) is 0 Å². The van der Waals surface area contributed by atoms with Gasteiger partial charge in [-0.3, -0.25) is 4.79 Å². The second-order valence-corrected chi connectivity index (χ2v) is 3.82. The smallest absolute Gasteiger partial charge is 0.325 e. The van der Waals surface area contributed by atoms with Crippen LogP contribution in [-0.4, -0.2) is 19.1 Å². The highest BCUT2D eigenvalue weighted by Gasteiger charge is 2.03. The van der Waals surface area contributed by atoms with Gasteiger partial charge in [-0.25, -0.2) is 0 Å². The molecule has 0 amide bonds. The SMILES string of the molecule is CCOC(=O)CNc1ccc(C#N)c(Br)c1. The minimum Gasteiger partial charge on any atom is -0.465 e. The second kappa shape index (κ2) is 6.13. The van der Waals surface area contributed by atoms with E-state index in [1.54, 1.807) is 25.1 Å². The molecule has 0 heterocycles. The highest BCUT2D eigenvalue weighted by atomic mass is 79.9. The van der Waals surface area contributed by atoms with Crippen molar-refractivity contribution in [2.45, 2.75) is 6.92 Å². The van der Waals surface area contributed by atoms with Gasteiger partial charge < -0.3 is 10.1 Å². The van der Waals surface area contributed by atoms with Gasteiger partial charge in [0, 0.05) is 10.2 Å². The van der Waals surface area contributed by atoms with Crippen molar-refractivity contribution in [1.82, 2.24) is 0 Å². The molecule has 0 saturated heterocycles. The van der Waals surface area contributed by atoms with E-state index in [9.17, 15) is 4.79 Å². The number of rotatable bonds is 4. The Morgan fingerprint density at radius 1 is 1.62 bits per heavy atom. The van der Waals surface area contributed by atoms with Gasteiger partial charge in [0.05, 0.1) is 12.2 Å². The Bertz CT molecular complexity index is 426. The van der Waals surface area contributed by atoms with Crippen LogP contribution in [0.5, 0.6) is 0 Å². The van der Waals surface area contributed by atoms with Gasteiger partial charge >= 0.3 is 5.97 Å². The number of carbonyl (C=O) groups is 1. The second-order valence-electron chi connectivity index (χ2n) is 2.97. The third-order valence-corrected chi connectivity index (χ3v) is 2.49. The number of ether oxygens (including phenoxy) is 1. The summed E-state index contributed by atoms with van der Waals surface area (Å²) in [6.07, 6.45) is 0. The molecule has 1 aromatic rings. The van der Waals surface area contributed by atoms with Crippen LogP contribution in [0.25, 0.3) is 0 Å². The molecule has 0 aliphatic carbocycles. The summed E-state index contributed by atoms with van der Waals surface area (Å²) in [6, 6.07) is 7.21. The molecule has 0 aliphatic rings. The van der Waals surface area contributed by atoms with Crippen LogP contribution in [0.15, 0.2) is 22.7 Å². The zero-order chi connectivity index (χ0) is 12.0.